The molecule has 3 aromatic carbocycles. The first kappa shape index (κ1) is 24.3. The van der Waals surface area contributed by atoms with Crippen molar-refractivity contribution in [3.05, 3.63) is 92.4 Å². The number of hydrazone groups is 1. The van der Waals surface area contributed by atoms with Crippen LogP contribution in [0.1, 0.15) is 17.5 Å². The van der Waals surface area contributed by atoms with Crippen LogP contribution in [0.2, 0.25) is 10.0 Å². The van der Waals surface area contributed by atoms with Gasteiger partial charge >= 0.3 is 0 Å². The minimum absolute atomic E-state index is 0.0815. The Morgan fingerprint density at radius 3 is 2.56 bits per heavy atom. The third-order valence-corrected chi connectivity index (χ3v) is 6.43. The molecular formula is C25H20BrCl2N3O3. The lowest BCUT2D eigenvalue weighted by Crippen LogP contribution is -2.30. The molecule has 1 heterocycles. The summed E-state index contributed by atoms with van der Waals surface area (Å²) < 4.78 is 6.69. The quantitative estimate of drug-likeness (QED) is 0.291. The molecule has 0 unspecified atom stereocenters. The first-order chi connectivity index (χ1) is 16.4. The standard InChI is InChI=1S/C25H20BrCl2N3O3/c26-19-4-7-21(8-5-19)31-14-18(11-24(31)32)25(33)30-29-13-16-1-9-22(10-2-16)34-15-17-3-6-20(27)12-23(17)28/h1-10,12-13,18H,11,14-15H2,(H,30,33)/b29-13-/t18-/m1/s1. The highest BCUT2D eigenvalue weighted by Crippen LogP contribution is 2.26. The molecule has 0 spiro atoms. The Kier molecular flexibility index (Phi) is 7.88. The molecule has 9 heteroatoms. The molecule has 4 rings (SSSR count). The van der Waals surface area contributed by atoms with Gasteiger partial charge in [0.2, 0.25) is 11.8 Å². The summed E-state index contributed by atoms with van der Waals surface area (Å²) in [5, 5.41) is 5.16. The fraction of sp³-hybridized carbons (Fsp3) is 0.160. The summed E-state index contributed by atoms with van der Waals surface area (Å²) in [7, 11) is 0. The van der Waals surface area contributed by atoms with Gasteiger partial charge in [-0.05, 0) is 66.2 Å². The Morgan fingerprint density at radius 1 is 1.12 bits per heavy atom. The Balaban J connectivity index is 1.27. The van der Waals surface area contributed by atoms with Gasteiger partial charge in [-0.2, -0.15) is 5.10 Å². The summed E-state index contributed by atoms with van der Waals surface area (Å²) in [4.78, 5) is 26.5. The number of ether oxygens (including phenoxy) is 1. The van der Waals surface area contributed by atoms with Gasteiger partial charge in [0.1, 0.15) is 12.4 Å². The lowest BCUT2D eigenvalue weighted by Gasteiger charge is -2.16. The van der Waals surface area contributed by atoms with Crippen LogP contribution in [0.25, 0.3) is 0 Å². The molecular weight excluding hydrogens is 541 g/mol. The van der Waals surface area contributed by atoms with E-state index in [1.165, 1.54) is 0 Å². The normalized spacial score (nSPS) is 15.7. The van der Waals surface area contributed by atoms with Crippen LogP contribution in [-0.4, -0.2) is 24.6 Å². The second-order valence-corrected chi connectivity index (χ2v) is 9.47. The van der Waals surface area contributed by atoms with Crippen LogP contribution in [-0.2, 0) is 16.2 Å². The second-order valence-electron chi connectivity index (χ2n) is 7.71. The first-order valence-electron chi connectivity index (χ1n) is 10.4. The Bertz CT molecular complexity index is 1220. The molecule has 1 N–H and O–H groups in total. The van der Waals surface area contributed by atoms with E-state index in [1.807, 2.05) is 42.5 Å². The van der Waals surface area contributed by atoms with Crippen LogP contribution in [0, 0.1) is 5.92 Å². The zero-order chi connectivity index (χ0) is 24.1. The van der Waals surface area contributed by atoms with Gasteiger partial charge in [-0.25, -0.2) is 5.43 Å². The number of benzene rings is 3. The number of amides is 2. The van der Waals surface area contributed by atoms with E-state index < -0.39 is 5.92 Å². The van der Waals surface area contributed by atoms with Crippen molar-refractivity contribution in [3.63, 3.8) is 0 Å². The number of nitrogens with one attached hydrogen (secondary N) is 1. The fourth-order valence-corrected chi connectivity index (χ4v) is 4.19. The Hall–Kier alpha value is -2.87. The third-order valence-electron chi connectivity index (χ3n) is 5.31. The topological polar surface area (TPSA) is 71.0 Å². The molecule has 0 radical (unpaired) electrons. The number of carbonyl (C=O) groups excluding carboxylic acids is 2. The molecule has 1 aliphatic rings. The summed E-state index contributed by atoms with van der Waals surface area (Å²) >= 11 is 15.5. The predicted molar refractivity (Wildman–Crippen MR) is 138 cm³/mol. The highest BCUT2D eigenvalue weighted by molar-refractivity contribution is 9.10. The number of rotatable bonds is 7. The molecule has 0 saturated carbocycles. The van der Waals surface area contributed by atoms with E-state index in [9.17, 15) is 9.59 Å². The molecule has 1 saturated heterocycles. The summed E-state index contributed by atoms with van der Waals surface area (Å²) in [6.07, 6.45) is 1.70. The van der Waals surface area contributed by atoms with E-state index >= 15 is 0 Å². The summed E-state index contributed by atoms with van der Waals surface area (Å²) in [5.74, 6) is -0.153. The molecule has 0 aliphatic carbocycles. The number of halogens is 3. The number of hydrogen-bond donors (Lipinski definition) is 1. The molecule has 0 aromatic heterocycles. The van der Waals surface area contributed by atoms with E-state index in [2.05, 4.69) is 26.5 Å². The zero-order valence-corrected chi connectivity index (χ0v) is 21.0. The van der Waals surface area contributed by atoms with Gasteiger partial charge in [0.15, 0.2) is 0 Å². The van der Waals surface area contributed by atoms with E-state index in [4.69, 9.17) is 27.9 Å². The summed E-state index contributed by atoms with van der Waals surface area (Å²) in [5.41, 5.74) is 4.93. The van der Waals surface area contributed by atoms with Gasteiger partial charge in [0.25, 0.3) is 0 Å². The van der Waals surface area contributed by atoms with E-state index in [0.29, 0.717) is 28.9 Å². The summed E-state index contributed by atoms with van der Waals surface area (Å²) in [6.45, 7) is 0.641. The smallest absolute Gasteiger partial charge is 0.245 e. The number of hydrogen-bond acceptors (Lipinski definition) is 4. The Labute approximate surface area is 215 Å². The third kappa shape index (κ3) is 6.17. The largest absolute Gasteiger partial charge is 0.489 e. The molecule has 174 valence electrons. The van der Waals surface area contributed by atoms with Gasteiger partial charge in [0.05, 0.1) is 12.1 Å². The first-order valence-corrected chi connectivity index (χ1v) is 12.0. The van der Waals surface area contributed by atoms with Crippen LogP contribution in [0.15, 0.2) is 76.3 Å². The van der Waals surface area contributed by atoms with Crippen molar-refractivity contribution in [1.29, 1.82) is 0 Å². The van der Waals surface area contributed by atoms with E-state index in [-0.39, 0.29) is 18.2 Å². The fourth-order valence-electron chi connectivity index (χ4n) is 3.47. The maximum Gasteiger partial charge on any atom is 0.245 e. The predicted octanol–water partition coefficient (Wildman–Crippen LogP) is 5.84. The van der Waals surface area contributed by atoms with Crippen molar-refractivity contribution >= 4 is 62.8 Å². The van der Waals surface area contributed by atoms with Crippen molar-refractivity contribution in [2.75, 3.05) is 11.4 Å². The maximum absolute atomic E-state index is 12.5. The van der Waals surface area contributed by atoms with Crippen molar-refractivity contribution < 1.29 is 14.3 Å². The highest BCUT2D eigenvalue weighted by Gasteiger charge is 2.35. The lowest BCUT2D eigenvalue weighted by molar-refractivity contribution is -0.126. The maximum atomic E-state index is 12.5. The van der Waals surface area contributed by atoms with Crippen LogP contribution < -0.4 is 15.1 Å². The van der Waals surface area contributed by atoms with Gasteiger partial charge in [0, 0.05) is 38.7 Å². The molecule has 2 amide bonds. The minimum Gasteiger partial charge on any atom is -0.489 e. The molecule has 1 atom stereocenters. The van der Waals surface area contributed by atoms with Crippen molar-refractivity contribution in [2.45, 2.75) is 13.0 Å². The molecule has 1 fully saturated rings. The van der Waals surface area contributed by atoms with E-state index in [0.717, 1.165) is 21.3 Å². The minimum atomic E-state index is -0.455. The molecule has 34 heavy (non-hydrogen) atoms. The molecule has 1 aliphatic heterocycles. The van der Waals surface area contributed by atoms with Crippen molar-refractivity contribution in [2.24, 2.45) is 11.0 Å². The summed E-state index contributed by atoms with van der Waals surface area (Å²) in [6, 6.07) is 19.9. The molecule has 6 nitrogen and oxygen atoms in total. The molecule has 0 bridgehead atoms. The number of carbonyl (C=O) groups is 2. The highest BCUT2D eigenvalue weighted by atomic mass is 79.9. The number of anilines is 1. The van der Waals surface area contributed by atoms with Gasteiger partial charge in [-0.15, -0.1) is 0 Å². The van der Waals surface area contributed by atoms with Crippen molar-refractivity contribution in [3.8, 4) is 5.75 Å². The average Bonchev–Trinajstić information content (AvgIpc) is 3.21. The SMILES string of the molecule is O=C(N/N=C\c1ccc(OCc2ccc(Cl)cc2Cl)cc1)[C@@H]1CC(=O)N(c2ccc(Br)cc2)C1. The average molecular weight is 561 g/mol. The van der Waals surface area contributed by atoms with Gasteiger partial charge < -0.3 is 9.64 Å². The number of nitrogens with zero attached hydrogens (tertiary/aromatic N) is 2. The van der Waals surface area contributed by atoms with Crippen LogP contribution in [0.5, 0.6) is 5.75 Å². The monoisotopic (exact) mass is 559 g/mol. The van der Waals surface area contributed by atoms with Crippen molar-refractivity contribution in [1.82, 2.24) is 5.43 Å². The Morgan fingerprint density at radius 2 is 1.85 bits per heavy atom. The molecule has 3 aromatic rings. The van der Waals surface area contributed by atoms with E-state index in [1.54, 1.807) is 35.4 Å². The lowest BCUT2D eigenvalue weighted by atomic mass is 10.1. The van der Waals surface area contributed by atoms with Gasteiger partial charge in [-0.3, -0.25) is 9.59 Å². The zero-order valence-electron chi connectivity index (χ0n) is 17.9. The second kappa shape index (κ2) is 11.0. The van der Waals surface area contributed by atoms with Gasteiger partial charge in [-0.1, -0.05) is 45.2 Å². The van der Waals surface area contributed by atoms with Crippen LogP contribution in [0.3, 0.4) is 0 Å². The van der Waals surface area contributed by atoms with Crippen LogP contribution in [0.4, 0.5) is 5.69 Å². The van der Waals surface area contributed by atoms with Crippen LogP contribution >= 0.6 is 39.1 Å².